The van der Waals surface area contributed by atoms with E-state index in [1.165, 1.54) is 32.1 Å². The highest BCUT2D eigenvalue weighted by Crippen LogP contribution is 2.23. The number of aryl methyl sites for hydroxylation is 1. The van der Waals surface area contributed by atoms with Crippen LogP contribution in [0.5, 0.6) is 0 Å². The number of methoxy groups -OCH3 is 1. The number of rotatable bonds is 11. The summed E-state index contributed by atoms with van der Waals surface area (Å²) in [6.45, 7) is 6.72. The SMILES string of the molecule is CCC(N)NC(=O)c1cc2cc(C)ccc2nc1NCC(OC)C(CC)NC1CCCCC1. The number of aromatic nitrogens is 1. The lowest BCUT2D eigenvalue weighted by Crippen LogP contribution is -2.49. The minimum absolute atomic E-state index is 0.0405. The molecule has 0 aliphatic heterocycles. The van der Waals surface area contributed by atoms with Gasteiger partial charge in [-0.1, -0.05) is 44.7 Å². The van der Waals surface area contributed by atoms with Crippen molar-refractivity contribution in [3.05, 3.63) is 35.4 Å². The van der Waals surface area contributed by atoms with Crippen LogP contribution in [0.1, 0.15) is 74.7 Å². The van der Waals surface area contributed by atoms with Crippen molar-refractivity contribution in [2.75, 3.05) is 19.0 Å². The van der Waals surface area contributed by atoms with Crippen LogP contribution in [0.15, 0.2) is 24.3 Å². The standard InChI is InChI=1S/C26H41N5O2/c1-5-21(29-19-10-8-7-9-11-19)23(33-4)16-28-25-20(26(32)31-24(27)6-2)15-18-14-17(3)12-13-22(18)30-25/h12-15,19,21,23-24,29H,5-11,16,27H2,1-4H3,(H,28,30)(H,31,32). The normalized spacial score (nSPS) is 17.5. The number of carbonyl (C=O) groups is 1. The largest absolute Gasteiger partial charge is 0.378 e. The van der Waals surface area contributed by atoms with Gasteiger partial charge < -0.3 is 26.4 Å². The Morgan fingerprint density at radius 2 is 1.94 bits per heavy atom. The molecule has 0 saturated heterocycles. The molecule has 1 aliphatic rings. The third kappa shape index (κ3) is 6.88. The number of ether oxygens (including phenoxy) is 1. The van der Waals surface area contributed by atoms with Gasteiger partial charge in [0.25, 0.3) is 5.91 Å². The van der Waals surface area contributed by atoms with Crippen LogP contribution in [0.25, 0.3) is 10.9 Å². The average Bonchev–Trinajstić information content (AvgIpc) is 2.83. The Bertz CT molecular complexity index is 913. The second-order valence-electron chi connectivity index (χ2n) is 9.24. The molecule has 7 heteroatoms. The Hall–Kier alpha value is -2.22. The fourth-order valence-electron chi connectivity index (χ4n) is 4.60. The molecular weight excluding hydrogens is 414 g/mol. The number of hydrogen-bond donors (Lipinski definition) is 4. The van der Waals surface area contributed by atoms with Crippen LogP contribution < -0.4 is 21.7 Å². The average molecular weight is 456 g/mol. The minimum Gasteiger partial charge on any atom is -0.378 e. The quantitative estimate of drug-likeness (QED) is 0.381. The molecule has 5 N–H and O–H groups in total. The molecule has 1 aliphatic carbocycles. The molecule has 0 bridgehead atoms. The number of amides is 1. The van der Waals surface area contributed by atoms with Crippen molar-refractivity contribution in [3.63, 3.8) is 0 Å². The summed E-state index contributed by atoms with van der Waals surface area (Å²) >= 11 is 0. The van der Waals surface area contributed by atoms with E-state index >= 15 is 0 Å². The topological polar surface area (TPSA) is 101 Å². The Morgan fingerprint density at radius 1 is 1.18 bits per heavy atom. The van der Waals surface area contributed by atoms with Crippen LogP contribution in [0.3, 0.4) is 0 Å². The number of nitrogens with zero attached hydrogens (tertiary/aromatic N) is 1. The molecule has 7 nitrogen and oxygen atoms in total. The van der Waals surface area contributed by atoms with Crippen molar-refractivity contribution < 1.29 is 9.53 Å². The zero-order valence-electron chi connectivity index (χ0n) is 20.6. The monoisotopic (exact) mass is 455 g/mol. The number of nitrogens with one attached hydrogen (secondary N) is 3. The molecule has 2 aromatic rings. The van der Waals surface area contributed by atoms with E-state index < -0.39 is 6.17 Å². The lowest BCUT2D eigenvalue weighted by atomic mass is 9.94. The van der Waals surface area contributed by atoms with Crippen LogP contribution >= 0.6 is 0 Å². The van der Waals surface area contributed by atoms with Gasteiger partial charge in [-0.25, -0.2) is 4.98 Å². The molecule has 1 aromatic heterocycles. The molecule has 1 aromatic carbocycles. The minimum atomic E-state index is -0.394. The highest BCUT2D eigenvalue weighted by molar-refractivity contribution is 6.02. The number of fused-ring (bicyclic) bond motifs is 1. The first-order chi connectivity index (χ1) is 15.9. The molecule has 1 heterocycles. The molecule has 33 heavy (non-hydrogen) atoms. The zero-order valence-corrected chi connectivity index (χ0v) is 20.6. The zero-order chi connectivity index (χ0) is 23.8. The summed E-state index contributed by atoms with van der Waals surface area (Å²) < 4.78 is 5.88. The van der Waals surface area contributed by atoms with E-state index in [-0.39, 0.29) is 18.1 Å². The molecular formula is C26H41N5O2. The predicted octanol–water partition coefficient (Wildman–Crippen LogP) is 4.10. The Morgan fingerprint density at radius 3 is 2.61 bits per heavy atom. The van der Waals surface area contributed by atoms with E-state index in [4.69, 9.17) is 15.5 Å². The highest BCUT2D eigenvalue weighted by Gasteiger charge is 2.25. The molecule has 1 saturated carbocycles. The van der Waals surface area contributed by atoms with Gasteiger partial charge in [0.2, 0.25) is 0 Å². The first-order valence-electron chi connectivity index (χ1n) is 12.5. The van der Waals surface area contributed by atoms with Gasteiger partial charge in [-0.15, -0.1) is 0 Å². The van der Waals surface area contributed by atoms with E-state index in [0.29, 0.717) is 30.4 Å². The summed E-state index contributed by atoms with van der Waals surface area (Å²) in [5, 5.41) is 11.0. The van der Waals surface area contributed by atoms with Gasteiger partial charge in [-0.05, 0) is 50.8 Å². The molecule has 1 fully saturated rings. The first kappa shape index (κ1) is 25.4. The lowest BCUT2D eigenvalue weighted by molar-refractivity contribution is 0.0698. The smallest absolute Gasteiger partial charge is 0.256 e. The number of benzene rings is 1. The van der Waals surface area contributed by atoms with E-state index in [9.17, 15) is 4.79 Å². The molecule has 3 atom stereocenters. The fourth-order valence-corrected chi connectivity index (χ4v) is 4.60. The number of anilines is 1. The summed E-state index contributed by atoms with van der Waals surface area (Å²) in [5.41, 5.74) is 8.46. The second kappa shape index (κ2) is 12.3. The van der Waals surface area contributed by atoms with Crippen molar-refractivity contribution in [1.29, 1.82) is 0 Å². The van der Waals surface area contributed by atoms with E-state index in [0.717, 1.165) is 22.9 Å². The summed E-state index contributed by atoms with van der Waals surface area (Å²) in [5.74, 6) is 0.339. The molecule has 0 spiro atoms. The van der Waals surface area contributed by atoms with Crippen molar-refractivity contribution in [2.24, 2.45) is 5.73 Å². The second-order valence-corrected chi connectivity index (χ2v) is 9.24. The van der Waals surface area contributed by atoms with Crippen LogP contribution in [0, 0.1) is 6.92 Å². The van der Waals surface area contributed by atoms with E-state index in [2.05, 4.69) is 22.9 Å². The van der Waals surface area contributed by atoms with Crippen molar-refractivity contribution in [2.45, 2.75) is 90.1 Å². The van der Waals surface area contributed by atoms with Crippen molar-refractivity contribution in [1.82, 2.24) is 15.6 Å². The first-order valence-corrected chi connectivity index (χ1v) is 12.5. The van der Waals surface area contributed by atoms with Gasteiger partial charge in [0.05, 0.1) is 23.3 Å². The molecule has 1 amide bonds. The number of pyridine rings is 1. The van der Waals surface area contributed by atoms with Gasteiger partial charge in [-0.3, -0.25) is 4.79 Å². The van der Waals surface area contributed by atoms with E-state index in [1.807, 2.05) is 38.1 Å². The summed E-state index contributed by atoms with van der Waals surface area (Å²) in [6.07, 6.45) is 7.58. The maximum atomic E-state index is 13.0. The lowest BCUT2D eigenvalue weighted by Gasteiger charge is -2.32. The summed E-state index contributed by atoms with van der Waals surface area (Å²) in [4.78, 5) is 17.8. The Labute approximate surface area is 198 Å². The molecule has 182 valence electrons. The third-order valence-corrected chi connectivity index (χ3v) is 6.69. The van der Waals surface area contributed by atoms with Crippen LogP contribution in [-0.2, 0) is 4.74 Å². The van der Waals surface area contributed by atoms with Gasteiger partial charge in [0, 0.05) is 31.1 Å². The maximum absolute atomic E-state index is 13.0. The highest BCUT2D eigenvalue weighted by atomic mass is 16.5. The molecule has 3 rings (SSSR count). The van der Waals surface area contributed by atoms with Gasteiger partial charge in [0.1, 0.15) is 5.82 Å². The Kier molecular flexibility index (Phi) is 9.47. The predicted molar refractivity (Wildman–Crippen MR) is 136 cm³/mol. The Balaban J connectivity index is 1.80. The summed E-state index contributed by atoms with van der Waals surface area (Å²) in [7, 11) is 1.75. The number of hydrogen-bond acceptors (Lipinski definition) is 6. The van der Waals surface area contributed by atoms with Gasteiger partial charge >= 0.3 is 0 Å². The van der Waals surface area contributed by atoms with Gasteiger partial charge in [0.15, 0.2) is 0 Å². The van der Waals surface area contributed by atoms with Gasteiger partial charge in [-0.2, -0.15) is 0 Å². The molecule has 0 radical (unpaired) electrons. The van der Waals surface area contributed by atoms with Crippen LogP contribution in [0.4, 0.5) is 5.82 Å². The van der Waals surface area contributed by atoms with Crippen molar-refractivity contribution >= 4 is 22.6 Å². The van der Waals surface area contributed by atoms with E-state index in [1.54, 1.807) is 7.11 Å². The molecule has 3 unspecified atom stereocenters. The van der Waals surface area contributed by atoms with Crippen LogP contribution in [-0.4, -0.2) is 48.9 Å². The number of nitrogens with two attached hydrogens (primary N) is 1. The number of carbonyl (C=O) groups excluding carboxylic acids is 1. The summed E-state index contributed by atoms with van der Waals surface area (Å²) in [6, 6.07) is 8.75. The fraction of sp³-hybridized carbons (Fsp3) is 0.615. The van der Waals surface area contributed by atoms with Crippen molar-refractivity contribution in [3.8, 4) is 0 Å². The third-order valence-electron chi connectivity index (χ3n) is 6.69. The maximum Gasteiger partial charge on any atom is 0.256 e. The van der Waals surface area contributed by atoms with Crippen LogP contribution in [0.2, 0.25) is 0 Å².